The first-order valence-electron chi connectivity index (χ1n) is 5.93. The number of hydrogen-bond acceptors (Lipinski definition) is 2. The fraction of sp³-hybridized carbons (Fsp3) is 0.571. The maximum absolute atomic E-state index is 5.73. The Bertz CT molecular complexity index is 296. The van der Waals surface area contributed by atoms with Gasteiger partial charge in [-0.25, -0.2) is 0 Å². The fourth-order valence-electron chi connectivity index (χ4n) is 1.29. The highest BCUT2D eigenvalue weighted by atomic mass is 16.5. The molecule has 0 aromatic heterocycles. The quantitative estimate of drug-likeness (QED) is 0.700. The monoisotopic (exact) mass is 222 g/mol. The summed E-state index contributed by atoms with van der Waals surface area (Å²) in [5.74, 6) is 1.80. The Morgan fingerprint density at radius 3 is 2.06 bits per heavy atom. The Labute approximate surface area is 98.6 Å². The van der Waals surface area contributed by atoms with Crippen LogP contribution in [0.5, 0.6) is 11.5 Å². The average molecular weight is 222 g/mol. The van der Waals surface area contributed by atoms with Crippen LogP contribution in [-0.4, -0.2) is 12.2 Å². The molecule has 0 radical (unpaired) electrons. The smallest absolute Gasteiger partial charge is 0.120 e. The predicted molar refractivity (Wildman–Crippen MR) is 67.2 cm³/mol. The highest BCUT2D eigenvalue weighted by Crippen LogP contribution is 2.21. The molecule has 0 unspecified atom stereocenters. The summed E-state index contributed by atoms with van der Waals surface area (Å²) in [6.07, 6.45) is 2.26. The number of rotatable bonds is 5. The molecule has 0 aliphatic carbocycles. The highest BCUT2D eigenvalue weighted by Gasteiger charge is 2.11. The molecule has 0 saturated heterocycles. The van der Waals surface area contributed by atoms with E-state index in [4.69, 9.17) is 9.47 Å². The van der Waals surface area contributed by atoms with Gasteiger partial charge in [-0.1, -0.05) is 13.3 Å². The van der Waals surface area contributed by atoms with Crippen LogP contribution in [0.15, 0.2) is 24.3 Å². The summed E-state index contributed by atoms with van der Waals surface area (Å²) in [6.45, 7) is 9.07. The Balaban J connectivity index is 2.48. The van der Waals surface area contributed by atoms with Crippen molar-refractivity contribution < 1.29 is 9.47 Å². The van der Waals surface area contributed by atoms with E-state index >= 15 is 0 Å². The van der Waals surface area contributed by atoms with E-state index in [9.17, 15) is 0 Å². The summed E-state index contributed by atoms with van der Waals surface area (Å²) in [5, 5.41) is 0. The topological polar surface area (TPSA) is 18.5 Å². The molecule has 2 nitrogen and oxygen atoms in total. The first kappa shape index (κ1) is 12.9. The SMILES string of the molecule is CCCCOc1ccc(OC(C)(C)C)cc1. The van der Waals surface area contributed by atoms with Crippen LogP contribution in [0, 0.1) is 0 Å². The van der Waals surface area contributed by atoms with Crippen LogP contribution in [0.1, 0.15) is 40.5 Å². The normalized spacial score (nSPS) is 11.2. The van der Waals surface area contributed by atoms with Gasteiger partial charge in [0.25, 0.3) is 0 Å². The van der Waals surface area contributed by atoms with Gasteiger partial charge in [-0.15, -0.1) is 0 Å². The van der Waals surface area contributed by atoms with Gasteiger partial charge in [0.05, 0.1) is 6.61 Å². The van der Waals surface area contributed by atoms with Crippen molar-refractivity contribution in [1.82, 2.24) is 0 Å². The second kappa shape index (κ2) is 5.78. The molecule has 1 rings (SSSR count). The summed E-state index contributed by atoms with van der Waals surface area (Å²) < 4.78 is 11.3. The second-order valence-corrected chi connectivity index (χ2v) is 4.89. The van der Waals surface area contributed by atoms with Gasteiger partial charge in [0, 0.05) is 0 Å². The molecule has 0 heterocycles. The van der Waals surface area contributed by atoms with E-state index in [-0.39, 0.29) is 5.60 Å². The van der Waals surface area contributed by atoms with Crippen LogP contribution in [-0.2, 0) is 0 Å². The summed E-state index contributed by atoms with van der Waals surface area (Å²) in [5.41, 5.74) is -0.148. The minimum Gasteiger partial charge on any atom is -0.494 e. The lowest BCUT2D eigenvalue weighted by Crippen LogP contribution is -2.22. The van der Waals surface area contributed by atoms with Crippen molar-refractivity contribution in [2.45, 2.75) is 46.1 Å². The van der Waals surface area contributed by atoms with Gasteiger partial charge in [0.2, 0.25) is 0 Å². The average Bonchev–Trinajstić information content (AvgIpc) is 2.19. The maximum Gasteiger partial charge on any atom is 0.120 e. The summed E-state index contributed by atoms with van der Waals surface area (Å²) in [6, 6.07) is 7.81. The Morgan fingerprint density at radius 1 is 1.00 bits per heavy atom. The number of unbranched alkanes of at least 4 members (excludes halogenated alkanes) is 1. The summed E-state index contributed by atoms with van der Waals surface area (Å²) in [4.78, 5) is 0. The summed E-state index contributed by atoms with van der Waals surface area (Å²) >= 11 is 0. The molecule has 1 aromatic rings. The minimum atomic E-state index is -0.148. The second-order valence-electron chi connectivity index (χ2n) is 4.89. The van der Waals surface area contributed by atoms with Crippen LogP contribution >= 0.6 is 0 Å². The molecule has 0 N–H and O–H groups in total. The molecule has 0 atom stereocenters. The molecule has 16 heavy (non-hydrogen) atoms. The maximum atomic E-state index is 5.73. The molecule has 0 amide bonds. The number of hydrogen-bond donors (Lipinski definition) is 0. The zero-order valence-electron chi connectivity index (χ0n) is 10.7. The lowest BCUT2D eigenvalue weighted by Gasteiger charge is -2.21. The van der Waals surface area contributed by atoms with E-state index in [0.717, 1.165) is 30.9 Å². The third-order valence-electron chi connectivity index (χ3n) is 2.01. The van der Waals surface area contributed by atoms with E-state index in [2.05, 4.69) is 6.92 Å². The Morgan fingerprint density at radius 2 is 1.56 bits per heavy atom. The number of ether oxygens (including phenoxy) is 2. The van der Waals surface area contributed by atoms with Crippen molar-refractivity contribution in [2.75, 3.05) is 6.61 Å². The molecule has 0 fully saturated rings. The van der Waals surface area contributed by atoms with Gasteiger partial charge in [0.15, 0.2) is 0 Å². The van der Waals surface area contributed by atoms with Crippen molar-refractivity contribution in [3.05, 3.63) is 24.3 Å². The molecule has 0 spiro atoms. The van der Waals surface area contributed by atoms with E-state index < -0.39 is 0 Å². The van der Waals surface area contributed by atoms with E-state index in [0.29, 0.717) is 0 Å². The van der Waals surface area contributed by atoms with E-state index in [1.54, 1.807) is 0 Å². The molecule has 1 aromatic carbocycles. The molecule has 0 aliphatic heterocycles. The van der Waals surface area contributed by atoms with Gasteiger partial charge >= 0.3 is 0 Å². The Hall–Kier alpha value is -1.18. The lowest BCUT2D eigenvalue weighted by atomic mass is 10.2. The van der Waals surface area contributed by atoms with Crippen molar-refractivity contribution in [1.29, 1.82) is 0 Å². The minimum absolute atomic E-state index is 0.148. The third-order valence-corrected chi connectivity index (χ3v) is 2.01. The molecule has 2 heteroatoms. The predicted octanol–water partition coefficient (Wildman–Crippen LogP) is 4.04. The lowest BCUT2D eigenvalue weighted by molar-refractivity contribution is 0.131. The van der Waals surface area contributed by atoms with Gasteiger partial charge in [-0.2, -0.15) is 0 Å². The molecule has 0 saturated carbocycles. The van der Waals surface area contributed by atoms with Crippen LogP contribution in [0.25, 0.3) is 0 Å². The van der Waals surface area contributed by atoms with Crippen molar-refractivity contribution in [2.24, 2.45) is 0 Å². The van der Waals surface area contributed by atoms with E-state index in [1.165, 1.54) is 0 Å². The van der Waals surface area contributed by atoms with Crippen molar-refractivity contribution >= 4 is 0 Å². The standard InChI is InChI=1S/C14H22O2/c1-5-6-11-15-12-7-9-13(10-8-12)16-14(2,3)4/h7-10H,5-6,11H2,1-4H3. The van der Waals surface area contributed by atoms with Gasteiger partial charge in [-0.3, -0.25) is 0 Å². The Kier molecular flexibility index (Phi) is 4.66. The zero-order chi connectivity index (χ0) is 12.0. The van der Waals surface area contributed by atoms with Crippen LogP contribution in [0.3, 0.4) is 0 Å². The van der Waals surface area contributed by atoms with Crippen molar-refractivity contribution in [3.63, 3.8) is 0 Å². The molecule has 90 valence electrons. The van der Waals surface area contributed by atoms with Crippen molar-refractivity contribution in [3.8, 4) is 11.5 Å². The largest absolute Gasteiger partial charge is 0.494 e. The van der Waals surface area contributed by atoms with Gasteiger partial charge in [-0.05, 0) is 51.5 Å². The first-order valence-corrected chi connectivity index (χ1v) is 5.93. The van der Waals surface area contributed by atoms with Gasteiger partial charge < -0.3 is 9.47 Å². The zero-order valence-corrected chi connectivity index (χ0v) is 10.7. The van der Waals surface area contributed by atoms with Crippen LogP contribution in [0.2, 0.25) is 0 Å². The molecular weight excluding hydrogens is 200 g/mol. The molecule has 0 bridgehead atoms. The van der Waals surface area contributed by atoms with Gasteiger partial charge in [0.1, 0.15) is 17.1 Å². The number of benzene rings is 1. The summed E-state index contributed by atoms with van der Waals surface area (Å²) in [7, 11) is 0. The molecule has 0 aliphatic rings. The van der Waals surface area contributed by atoms with Crippen LogP contribution < -0.4 is 9.47 Å². The third kappa shape index (κ3) is 5.06. The van der Waals surface area contributed by atoms with E-state index in [1.807, 2.05) is 45.0 Å². The molecular formula is C14H22O2. The van der Waals surface area contributed by atoms with Crippen LogP contribution in [0.4, 0.5) is 0 Å². The highest BCUT2D eigenvalue weighted by molar-refractivity contribution is 5.31. The fourth-order valence-corrected chi connectivity index (χ4v) is 1.29. The first-order chi connectivity index (χ1) is 7.51.